The summed E-state index contributed by atoms with van der Waals surface area (Å²) in [6.45, 7) is 8.97. The maximum absolute atomic E-state index is 12.0. The number of amides is 1. The van der Waals surface area contributed by atoms with Crippen LogP contribution in [0.1, 0.15) is 41.0 Å². The number of carbonyl (C=O) groups is 3. The van der Waals surface area contributed by atoms with Gasteiger partial charge in [0.15, 0.2) is 5.78 Å². The number of ketones is 1. The second-order valence-electron chi connectivity index (χ2n) is 6.13. The van der Waals surface area contributed by atoms with E-state index in [1.54, 1.807) is 27.7 Å². The molecule has 20 heavy (non-hydrogen) atoms. The Balaban J connectivity index is 2.82. The number of rotatable bonds is 2. The van der Waals surface area contributed by atoms with E-state index in [2.05, 4.69) is 0 Å². The van der Waals surface area contributed by atoms with Crippen LogP contribution in [-0.4, -0.2) is 48.0 Å². The minimum atomic E-state index is -1.30. The van der Waals surface area contributed by atoms with Crippen LogP contribution in [0.3, 0.4) is 0 Å². The van der Waals surface area contributed by atoms with Crippen LogP contribution in [0.4, 0.5) is 4.79 Å². The molecule has 0 aromatic rings. The lowest BCUT2D eigenvalue weighted by Crippen LogP contribution is -2.55. The van der Waals surface area contributed by atoms with Crippen molar-refractivity contribution >= 4 is 17.8 Å². The van der Waals surface area contributed by atoms with E-state index in [1.807, 2.05) is 0 Å². The maximum Gasteiger partial charge on any atom is 0.410 e. The molecule has 0 N–H and O–H groups in total. The van der Waals surface area contributed by atoms with Gasteiger partial charge in [0, 0.05) is 19.5 Å². The van der Waals surface area contributed by atoms with Crippen LogP contribution in [0.25, 0.3) is 0 Å². The quantitative estimate of drug-likeness (QED) is 0.571. The third-order valence-corrected chi connectivity index (χ3v) is 3.11. The molecule has 0 aromatic heterocycles. The molecular formula is C14H23NO5. The van der Waals surface area contributed by atoms with Crippen molar-refractivity contribution in [1.82, 2.24) is 4.90 Å². The van der Waals surface area contributed by atoms with Gasteiger partial charge in [0.1, 0.15) is 11.0 Å². The van der Waals surface area contributed by atoms with E-state index in [0.29, 0.717) is 0 Å². The Morgan fingerprint density at radius 3 is 2.45 bits per heavy atom. The average Bonchev–Trinajstić information content (AvgIpc) is 2.30. The molecule has 0 aliphatic carbocycles. The van der Waals surface area contributed by atoms with Crippen molar-refractivity contribution in [1.29, 1.82) is 0 Å². The van der Waals surface area contributed by atoms with Gasteiger partial charge in [-0.05, 0) is 34.6 Å². The summed E-state index contributed by atoms with van der Waals surface area (Å²) in [5.41, 5.74) is -1.91. The number of hydrogen-bond acceptors (Lipinski definition) is 5. The van der Waals surface area contributed by atoms with Crippen molar-refractivity contribution in [3.63, 3.8) is 0 Å². The largest absolute Gasteiger partial charge is 0.465 e. The van der Waals surface area contributed by atoms with Crippen molar-refractivity contribution in [2.45, 2.75) is 46.6 Å². The highest BCUT2D eigenvalue weighted by Gasteiger charge is 2.48. The Morgan fingerprint density at radius 2 is 1.95 bits per heavy atom. The molecule has 1 atom stereocenters. The first-order valence-electron chi connectivity index (χ1n) is 6.78. The van der Waals surface area contributed by atoms with Crippen LogP contribution in [-0.2, 0) is 19.1 Å². The lowest BCUT2D eigenvalue weighted by atomic mass is 9.80. The Morgan fingerprint density at radius 1 is 1.35 bits per heavy atom. The normalized spacial score (nSPS) is 23.4. The van der Waals surface area contributed by atoms with Gasteiger partial charge in [-0.2, -0.15) is 0 Å². The molecule has 0 saturated carbocycles. The van der Waals surface area contributed by atoms with E-state index < -0.39 is 23.1 Å². The minimum Gasteiger partial charge on any atom is -0.465 e. The third-order valence-electron chi connectivity index (χ3n) is 3.11. The highest BCUT2D eigenvalue weighted by molar-refractivity contribution is 6.04. The van der Waals surface area contributed by atoms with Gasteiger partial charge >= 0.3 is 12.1 Å². The fraction of sp³-hybridized carbons (Fsp3) is 0.786. The molecule has 0 radical (unpaired) electrons. The number of esters is 1. The van der Waals surface area contributed by atoms with Crippen LogP contribution >= 0.6 is 0 Å². The zero-order valence-electron chi connectivity index (χ0n) is 12.8. The Kier molecular flexibility index (Phi) is 4.78. The molecule has 1 aliphatic heterocycles. The number of hydrogen-bond donors (Lipinski definition) is 0. The summed E-state index contributed by atoms with van der Waals surface area (Å²) >= 11 is 0. The van der Waals surface area contributed by atoms with Gasteiger partial charge in [0.25, 0.3) is 0 Å². The van der Waals surface area contributed by atoms with Crippen LogP contribution in [0.2, 0.25) is 0 Å². The number of carbonyl (C=O) groups excluding carboxylic acids is 3. The standard InChI is InChI=1S/C14H23NO5/c1-6-19-11(17)14(5)9-15(8-7-10(14)16)12(18)20-13(2,3)4/h6-9H2,1-5H3/t14-/m1/s1. The smallest absolute Gasteiger partial charge is 0.410 e. The molecule has 6 heteroatoms. The van der Waals surface area contributed by atoms with Gasteiger partial charge < -0.3 is 14.4 Å². The van der Waals surface area contributed by atoms with Gasteiger partial charge in [0.2, 0.25) is 0 Å². The van der Waals surface area contributed by atoms with E-state index in [1.165, 1.54) is 11.8 Å². The van der Waals surface area contributed by atoms with Crippen LogP contribution in [0.15, 0.2) is 0 Å². The third kappa shape index (κ3) is 3.71. The Hall–Kier alpha value is -1.59. The molecule has 1 saturated heterocycles. The monoisotopic (exact) mass is 285 g/mol. The molecule has 1 aliphatic rings. The zero-order chi connectivity index (χ0) is 15.6. The van der Waals surface area contributed by atoms with E-state index in [4.69, 9.17) is 9.47 Å². The van der Waals surface area contributed by atoms with Gasteiger partial charge in [-0.15, -0.1) is 0 Å². The SMILES string of the molecule is CCOC(=O)[C@]1(C)CN(C(=O)OC(C)(C)C)CCC1=O. The summed E-state index contributed by atoms with van der Waals surface area (Å²) in [6, 6.07) is 0. The average molecular weight is 285 g/mol. The molecule has 1 amide bonds. The van der Waals surface area contributed by atoms with Crippen LogP contribution < -0.4 is 0 Å². The summed E-state index contributed by atoms with van der Waals surface area (Å²) in [5, 5.41) is 0. The highest BCUT2D eigenvalue weighted by Crippen LogP contribution is 2.28. The van der Waals surface area contributed by atoms with Crippen molar-refractivity contribution < 1.29 is 23.9 Å². The molecule has 0 bridgehead atoms. The summed E-state index contributed by atoms with van der Waals surface area (Å²) in [7, 11) is 0. The summed E-state index contributed by atoms with van der Waals surface area (Å²) in [5.74, 6) is -0.783. The van der Waals surface area contributed by atoms with E-state index in [0.717, 1.165) is 0 Å². The van der Waals surface area contributed by atoms with Gasteiger partial charge in [-0.1, -0.05) is 0 Å². The van der Waals surface area contributed by atoms with Crippen molar-refractivity contribution in [2.24, 2.45) is 5.41 Å². The number of nitrogens with zero attached hydrogens (tertiary/aromatic N) is 1. The Bertz CT molecular complexity index is 412. The summed E-state index contributed by atoms with van der Waals surface area (Å²) in [4.78, 5) is 37.4. The van der Waals surface area contributed by atoms with E-state index >= 15 is 0 Å². The number of Topliss-reactive ketones (excluding diaryl/α,β-unsaturated/α-hetero) is 1. The van der Waals surface area contributed by atoms with Gasteiger partial charge in [-0.3, -0.25) is 9.59 Å². The van der Waals surface area contributed by atoms with Crippen molar-refractivity contribution in [3.8, 4) is 0 Å². The minimum absolute atomic E-state index is 0.000417. The topological polar surface area (TPSA) is 72.9 Å². The molecule has 1 fully saturated rings. The number of ether oxygens (including phenoxy) is 2. The first-order chi connectivity index (χ1) is 9.10. The van der Waals surface area contributed by atoms with E-state index in [-0.39, 0.29) is 31.9 Å². The second-order valence-corrected chi connectivity index (χ2v) is 6.13. The predicted octanol–water partition coefficient (Wildman–Crippen LogP) is 1.77. The predicted molar refractivity (Wildman–Crippen MR) is 72.2 cm³/mol. The lowest BCUT2D eigenvalue weighted by molar-refractivity contribution is -0.162. The lowest BCUT2D eigenvalue weighted by Gasteiger charge is -2.37. The van der Waals surface area contributed by atoms with Crippen LogP contribution in [0.5, 0.6) is 0 Å². The molecular weight excluding hydrogens is 262 g/mol. The fourth-order valence-electron chi connectivity index (χ4n) is 2.01. The molecule has 114 valence electrons. The second kappa shape index (κ2) is 5.81. The molecule has 0 spiro atoms. The first kappa shape index (κ1) is 16.5. The number of piperidine rings is 1. The molecule has 0 aromatic carbocycles. The first-order valence-corrected chi connectivity index (χ1v) is 6.78. The van der Waals surface area contributed by atoms with Crippen LogP contribution in [0, 0.1) is 5.41 Å². The van der Waals surface area contributed by atoms with Crippen molar-refractivity contribution in [2.75, 3.05) is 19.7 Å². The molecule has 1 heterocycles. The maximum atomic E-state index is 12.0. The molecule has 6 nitrogen and oxygen atoms in total. The highest BCUT2D eigenvalue weighted by atomic mass is 16.6. The molecule has 1 rings (SSSR count). The molecule has 0 unspecified atom stereocenters. The summed E-state index contributed by atoms with van der Waals surface area (Å²) in [6.07, 6.45) is -0.380. The van der Waals surface area contributed by atoms with Gasteiger partial charge in [0.05, 0.1) is 6.61 Å². The van der Waals surface area contributed by atoms with Crippen molar-refractivity contribution in [3.05, 3.63) is 0 Å². The van der Waals surface area contributed by atoms with E-state index in [9.17, 15) is 14.4 Å². The summed E-state index contributed by atoms with van der Waals surface area (Å²) < 4.78 is 10.2. The number of likely N-dealkylation sites (tertiary alicyclic amines) is 1. The zero-order valence-corrected chi connectivity index (χ0v) is 12.8. The fourth-order valence-corrected chi connectivity index (χ4v) is 2.01. The van der Waals surface area contributed by atoms with Gasteiger partial charge in [-0.25, -0.2) is 4.79 Å². The Labute approximate surface area is 119 Å².